The van der Waals surface area contributed by atoms with Gasteiger partial charge in [-0.1, -0.05) is 6.07 Å². The lowest BCUT2D eigenvalue weighted by atomic mass is 9.86. The summed E-state index contributed by atoms with van der Waals surface area (Å²) in [4.78, 5) is 19.1. The minimum Gasteiger partial charge on any atom is -0.481 e. The van der Waals surface area contributed by atoms with Gasteiger partial charge in [0, 0.05) is 5.92 Å². The molecule has 0 unspecified atom stereocenters. The molecule has 2 aromatic rings. The van der Waals surface area contributed by atoms with Gasteiger partial charge < -0.3 is 10.1 Å². The number of nitrogens with one attached hydrogen (secondary N) is 1. The minimum absolute atomic E-state index is 0.524. The molecular weight excluding hydrogens is 240 g/mol. The fraction of sp³-hybridized carbons (Fsp3) is 0.467. The van der Waals surface area contributed by atoms with Crippen molar-refractivity contribution in [1.82, 2.24) is 9.97 Å². The Morgan fingerprint density at radius 3 is 2.84 bits per heavy atom. The lowest BCUT2D eigenvalue weighted by Crippen LogP contribution is -2.26. The van der Waals surface area contributed by atoms with E-state index < -0.39 is 11.4 Å². The van der Waals surface area contributed by atoms with Crippen LogP contribution in [0.5, 0.6) is 0 Å². The van der Waals surface area contributed by atoms with Crippen molar-refractivity contribution in [2.75, 3.05) is 0 Å². The van der Waals surface area contributed by atoms with Crippen molar-refractivity contribution in [2.45, 2.75) is 39.0 Å². The number of benzene rings is 1. The number of carboxylic acids is 1. The summed E-state index contributed by atoms with van der Waals surface area (Å²) in [6, 6.07) is 5.98. The maximum absolute atomic E-state index is 11.2. The fourth-order valence-electron chi connectivity index (χ4n) is 2.32. The van der Waals surface area contributed by atoms with E-state index in [1.54, 1.807) is 13.8 Å². The Balaban J connectivity index is 1.90. The normalized spacial score (nSPS) is 15.9. The third kappa shape index (κ3) is 2.35. The van der Waals surface area contributed by atoms with Crippen molar-refractivity contribution in [1.29, 1.82) is 0 Å². The van der Waals surface area contributed by atoms with E-state index in [1.807, 2.05) is 18.2 Å². The summed E-state index contributed by atoms with van der Waals surface area (Å²) in [5.74, 6) is 0.909. The number of hydrogen-bond donors (Lipinski definition) is 2. The van der Waals surface area contributed by atoms with Crippen molar-refractivity contribution in [3.8, 4) is 0 Å². The molecule has 100 valence electrons. The monoisotopic (exact) mass is 258 g/mol. The number of aromatic amines is 1. The minimum atomic E-state index is -0.768. The molecular formula is C15H18N2O2. The van der Waals surface area contributed by atoms with Crippen LogP contribution >= 0.6 is 0 Å². The summed E-state index contributed by atoms with van der Waals surface area (Å²) in [5.41, 5.74) is 2.28. The van der Waals surface area contributed by atoms with Crippen LogP contribution in [0.2, 0.25) is 0 Å². The zero-order valence-electron chi connectivity index (χ0n) is 11.2. The summed E-state index contributed by atoms with van der Waals surface area (Å²) in [6.07, 6.45) is 2.97. The molecule has 19 heavy (non-hydrogen) atoms. The molecule has 1 heterocycles. The van der Waals surface area contributed by atoms with Gasteiger partial charge in [0.2, 0.25) is 0 Å². The molecule has 1 aliphatic rings. The van der Waals surface area contributed by atoms with Gasteiger partial charge in [-0.2, -0.15) is 0 Å². The first-order chi connectivity index (χ1) is 8.95. The number of carbonyl (C=O) groups is 1. The zero-order chi connectivity index (χ0) is 13.6. The van der Waals surface area contributed by atoms with Crippen molar-refractivity contribution in [3.05, 3.63) is 29.6 Å². The second-order valence-corrected chi connectivity index (χ2v) is 6.11. The quantitative estimate of drug-likeness (QED) is 0.885. The third-order valence-corrected chi connectivity index (χ3v) is 3.75. The Hall–Kier alpha value is -1.84. The molecule has 1 saturated carbocycles. The van der Waals surface area contributed by atoms with E-state index in [0.29, 0.717) is 12.3 Å². The molecule has 0 atom stereocenters. The van der Waals surface area contributed by atoms with Gasteiger partial charge in [-0.3, -0.25) is 4.79 Å². The molecule has 4 heteroatoms. The van der Waals surface area contributed by atoms with Gasteiger partial charge in [0.1, 0.15) is 5.82 Å². The first kappa shape index (κ1) is 12.2. The SMILES string of the molecule is CC(C)(Cc1ccc2nc(C3CC3)[nH]c2c1)C(=O)O. The van der Waals surface area contributed by atoms with Gasteiger partial charge in [-0.25, -0.2) is 4.98 Å². The highest BCUT2D eigenvalue weighted by atomic mass is 16.4. The molecule has 2 N–H and O–H groups in total. The van der Waals surface area contributed by atoms with Crippen LogP contribution in [0.1, 0.15) is 44.0 Å². The third-order valence-electron chi connectivity index (χ3n) is 3.75. The second kappa shape index (κ2) is 4.08. The summed E-state index contributed by atoms with van der Waals surface area (Å²) in [7, 11) is 0. The van der Waals surface area contributed by atoms with E-state index in [-0.39, 0.29) is 0 Å². The van der Waals surface area contributed by atoms with Gasteiger partial charge in [-0.15, -0.1) is 0 Å². The Bertz CT molecular complexity index is 639. The molecule has 4 nitrogen and oxygen atoms in total. The number of fused-ring (bicyclic) bond motifs is 1. The van der Waals surface area contributed by atoms with Crippen LogP contribution in [-0.4, -0.2) is 21.0 Å². The molecule has 1 aromatic carbocycles. The van der Waals surface area contributed by atoms with E-state index in [1.165, 1.54) is 12.8 Å². The predicted molar refractivity (Wildman–Crippen MR) is 73.2 cm³/mol. The Labute approximate surface area is 111 Å². The summed E-state index contributed by atoms with van der Waals surface area (Å²) >= 11 is 0. The number of hydrogen-bond acceptors (Lipinski definition) is 2. The van der Waals surface area contributed by atoms with Crippen molar-refractivity contribution < 1.29 is 9.90 Å². The van der Waals surface area contributed by atoms with Crippen molar-refractivity contribution in [2.24, 2.45) is 5.41 Å². The number of imidazole rings is 1. The van der Waals surface area contributed by atoms with E-state index >= 15 is 0 Å². The number of aliphatic carboxylic acids is 1. The molecule has 1 aromatic heterocycles. The van der Waals surface area contributed by atoms with Gasteiger partial charge in [0.25, 0.3) is 0 Å². The molecule has 1 fully saturated rings. The van der Waals surface area contributed by atoms with E-state index in [9.17, 15) is 9.90 Å². The molecule has 0 spiro atoms. The Morgan fingerprint density at radius 1 is 1.47 bits per heavy atom. The molecule has 1 aliphatic carbocycles. The van der Waals surface area contributed by atoms with Crippen LogP contribution in [-0.2, 0) is 11.2 Å². The number of rotatable bonds is 4. The summed E-state index contributed by atoms with van der Waals surface area (Å²) in [5, 5.41) is 9.18. The zero-order valence-corrected chi connectivity index (χ0v) is 11.2. The number of carboxylic acid groups (broad SMARTS) is 1. The highest BCUT2D eigenvalue weighted by Gasteiger charge is 2.28. The molecule has 0 saturated heterocycles. The summed E-state index contributed by atoms with van der Waals surface area (Å²) < 4.78 is 0. The van der Waals surface area contributed by atoms with Crippen LogP contribution in [0.25, 0.3) is 11.0 Å². The van der Waals surface area contributed by atoms with Crippen LogP contribution in [0.3, 0.4) is 0 Å². The van der Waals surface area contributed by atoms with Crippen LogP contribution in [0.15, 0.2) is 18.2 Å². The summed E-state index contributed by atoms with van der Waals surface area (Å²) in [6.45, 7) is 3.50. The van der Waals surface area contributed by atoms with Gasteiger partial charge >= 0.3 is 5.97 Å². The molecule has 0 amide bonds. The molecule has 0 radical (unpaired) electrons. The lowest BCUT2D eigenvalue weighted by molar-refractivity contribution is -0.146. The van der Waals surface area contributed by atoms with Crippen LogP contribution < -0.4 is 0 Å². The standard InChI is InChI=1S/C15H18N2O2/c1-15(2,14(18)19)8-9-3-6-11-12(7-9)17-13(16-11)10-4-5-10/h3,6-7,10H,4-5,8H2,1-2H3,(H,16,17)(H,18,19). The maximum atomic E-state index is 11.2. The molecule has 3 rings (SSSR count). The molecule has 0 bridgehead atoms. The van der Waals surface area contributed by atoms with Crippen LogP contribution in [0.4, 0.5) is 0 Å². The first-order valence-electron chi connectivity index (χ1n) is 6.68. The highest BCUT2D eigenvalue weighted by Crippen LogP contribution is 2.39. The average Bonchev–Trinajstić information content (AvgIpc) is 3.09. The van der Waals surface area contributed by atoms with E-state index in [4.69, 9.17) is 0 Å². The van der Waals surface area contributed by atoms with Crippen LogP contribution in [0, 0.1) is 5.41 Å². The average molecular weight is 258 g/mol. The maximum Gasteiger partial charge on any atom is 0.309 e. The number of nitrogens with zero attached hydrogens (tertiary/aromatic N) is 1. The largest absolute Gasteiger partial charge is 0.481 e. The van der Waals surface area contributed by atoms with Gasteiger partial charge in [-0.05, 0) is 50.8 Å². The Kier molecular flexibility index (Phi) is 2.62. The molecule has 0 aliphatic heterocycles. The second-order valence-electron chi connectivity index (χ2n) is 6.11. The highest BCUT2D eigenvalue weighted by molar-refractivity contribution is 5.77. The predicted octanol–water partition coefficient (Wildman–Crippen LogP) is 3.09. The van der Waals surface area contributed by atoms with Gasteiger partial charge in [0.15, 0.2) is 0 Å². The fourth-order valence-corrected chi connectivity index (χ4v) is 2.32. The lowest BCUT2D eigenvalue weighted by Gasteiger charge is -2.18. The van der Waals surface area contributed by atoms with Gasteiger partial charge in [0.05, 0.1) is 16.4 Å². The Morgan fingerprint density at radius 2 is 2.21 bits per heavy atom. The number of H-pyrrole nitrogens is 1. The first-order valence-corrected chi connectivity index (χ1v) is 6.68. The smallest absolute Gasteiger partial charge is 0.309 e. The van der Waals surface area contributed by atoms with E-state index in [0.717, 1.165) is 22.4 Å². The van der Waals surface area contributed by atoms with Crippen molar-refractivity contribution in [3.63, 3.8) is 0 Å². The van der Waals surface area contributed by atoms with E-state index in [2.05, 4.69) is 9.97 Å². The topological polar surface area (TPSA) is 66.0 Å². The number of aromatic nitrogens is 2. The van der Waals surface area contributed by atoms with Crippen molar-refractivity contribution >= 4 is 17.0 Å².